The van der Waals surface area contributed by atoms with Crippen LogP contribution in [-0.4, -0.2) is 36.5 Å². The van der Waals surface area contributed by atoms with E-state index in [9.17, 15) is 4.79 Å². The molecule has 0 atom stereocenters. The molecular formula is C16H20Cl2N2O. The molecule has 114 valence electrons. The second-order valence-electron chi connectivity index (χ2n) is 6.02. The Kier molecular flexibility index (Phi) is 4.72. The highest BCUT2D eigenvalue weighted by Crippen LogP contribution is 2.29. The topological polar surface area (TPSA) is 32.3 Å². The summed E-state index contributed by atoms with van der Waals surface area (Å²) in [6, 6.07) is 5.76. The quantitative estimate of drug-likeness (QED) is 0.916. The van der Waals surface area contributed by atoms with Gasteiger partial charge in [0.1, 0.15) is 0 Å². The van der Waals surface area contributed by atoms with Crippen LogP contribution in [0.1, 0.15) is 36.0 Å². The second-order valence-corrected chi connectivity index (χ2v) is 6.80. The van der Waals surface area contributed by atoms with Gasteiger partial charge < -0.3 is 10.2 Å². The van der Waals surface area contributed by atoms with Crippen molar-refractivity contribution in [2.45, 2.75) is 31.7 Å². The van der Waals surface area contributed by atoms with Crippen molar-refractivity contribution in [1.29, 1.82) is 0 Å². The molecule has 0 spiro atoms. The molecule has 3 nitrogen and oxygen atoms in total. The number of halogens is 2. The molecule has 21 heavy (non-hydrogen) atoms. The highest BCUT2D eigenvalue weighted by Gasteiger charge is 2.27. The van der Waals surface area contributed by atoms with E-state index in [1.807, 2.05) is 4.90 Å². The van der Waals surface area contributed by atoms with Gasteiger partial charge in [0.25, 0.3) is 5.91 Å². The number of nitrogens with one attached hydrogen (secondary N) is 1. The third kappa shape index (κ3) is 3.71. The SMILES string of the molecule is O=C(c1cccc(Cl)c1Cl)N1CCC(NCC2CC2)CC1. The van der Waals surface area contributed by atoms with Crippen molar-refractivity contribution in [1.82, 2.24) is 10.2 Å². The molecule has 1 aromatic carbocycles. The molecule has 5 heteroatoms. The smallest absolute Gasteiger partial charge is 0.255 e. The second kappa shape index (κ2) is 6.55. The third-order valence-corrected chi connectivity index (χ3v) is 5.18. The molecule has 1 aromatic rings. The molecule has 0 unspecified atom stereocenters. The Morgan fingerprint density at radius 3 is 2.57 bits per heavy atom. The standard InChI is InChI=1S/C16H20Cl2N2O/c17-14-3-1-2-13(15(14)18)16(21)20-8-6-12(7-9-20)19-10-11-4-5-11/h1-3,11-12,19H,4-10H2. The van der Waals surface area contributed by atoms with Crippen molar-refractivity contribution in [3.05, 3.63) is 33.8 Å². The first-order chi connectivity index (χ1) is 10.1. The number of hydrogen-bond acceptors (Lipinski definition) is 2. The summed E-state index contributed by atoms with van der Waals surface area (Å²) in [7, 11) is 0. The van der Waals surface area contributed by atoms with Gasteiger partial charge in [-0.15, -0.1) is 0 Å². The Hall–Kier alpha value is -0.770. The van der Waals surface area contributed by atoms with Crippen molar-refractivity contribution in [3.63, 3.8) is 0 Å². The Bertz CT molecular complexity index is 523. The molecule has 1 heterocycles. The van der Waals surface area contributed by atoms with E-state index < -0.39 is 0 Å². The van der Waals surface area contributed by atoms with E-state index in [1.165, 1.54) is 12.8 Å². The summed E-state index contributed by atoms with van der Waals surface area (Å²) < 4.78 is 0. The average Bonchev–Trinajstić information content (AvgIpc) is 3.32. The van der Waals surface area contributed by atoms with Crippen molar-refractivity contribution in [3.8, 4) is 0 Å². The molecule has 1 aliphatic carbocycles. The van der Waals surface area contributed by atoms with Crippen LogP contribution in [-0.2, 0) is 0 Å². The Morgan fingerprint density at radius 1 is 1.19 bits per heavy atom. The summed E-state index contributed by atoms with van der Waals surface area (Å²) in [6.07, 6.45) is 4.77. The maximum atomic E-state index is 12.5. The van der Waals surface area contributed by atoms with Crippen molar-refractivity contribution in [2.24, 2.45) is 5.92 Å². The van der Waals surface area contributed by atoms with Crippen LogP contribution in [0.5, 0.6) is 0 Å². The number of carbonyl (C=O) groups excluding carboxylic acids is 1. The van der Waals surface area contributed by atoms with E-state index in [4.69, 9.17) is 23.2 Å². The lowest BCUT2D eigenvalue weighted by Gasteiger charge is -2.32. The number of nitrogens with zero attached hydrogens (tertiary/aromatic N) is 1. The summed E-state index contributed by atoms with van der Waals surface area (Å²) >= 11 is 12.1. The fourth-order valence-corrected chi connectivity index (χ4v) is 3.16. The molecule has 1 saturated carbocycles. The lowest BCUT2D eigenvalue weighted by molar-refractivity contribution is 0.0705. The van der Waals surface area contributed by atoms with Gasteiger partial charge in [-0.25, -0.2) is 0 Å². The summed E-state index contributed by atoms with van der Waals surface area (Å²) in [4.78, 5) is 14.4. The average molecular weight is 327 g/mol. The van der Waals surface area contributed by atoms with Crippen LogP contribution in [0.2, 0.25) is 10.0 Å². The van der Waals surface area contributed by atoms with Crippen LogP contribution in [0.3, 0.4) is 0 Å². The fourth-order valence-electron chi connectivity index (χ4n) is 2.78. The maximum Gasteiger partial charge on any atom is 0.255 e. The molecule has 1 aliphatic heterocycles. The number of carbonyl (C=O) groups is 1. The Morgan fingerprint density at radius 2 is 1.90 bits per heavy atom. The van der Waals surface area contributed by atoms with Gasteiger partial charge in [-0.3, -0.25) is 4.79 Å². The molecule has 1 N–H and O–H groups in total. The zero-order valence-corrected chi connectivity index (χ0v) is 13.5. The third-order valence-electron chi connectivity index (χ3n) is 4.36. The van der Waals surface area contributed by atoms with Gasteiger partial charge in [-0.05, 0) is 50.3 Å². The van der Waals surface area contributed by atoms with Gasteiger partial charge in [0.05, 0.1) is 15.6 Å². The van der Waals surface area contributed by atoms with Crippen LogP contribution in [0, 0.1) is 5.92 Å². The van der Waals surface area contributed by atoms with Crippen molar-refractivity contribution < 1.29 is 4.79 Å². The maximum absolute atomic E-state index is 12.5. The number of benzene rings is 1. The minimum atomic E-state index is -0.0110. The van der Waals surface area contributed by atoms with E-state index >= 15 is 0 Å². The minimum Gasteiger partial charge on any atom is -0.338 e. The molecule has 2 fully saturated rings. The van der Waals surface area contributed by atoms with Crippen LogP contribution < -0.4 is 5.32 Å². The number of likely N-dealkylation sites (tertiary alicyclic amines) is 1. The van der Waals surface area contributed by atoms with Gasteiger partial charge in [-0.2, -0.15) is 0 Å². The Balaban J connectivity index is 1.55. The predicted octanol–water partition coefficient (Wildman–Crippen LogP) is 3.60. The molecule has 0 aromatic heterocycles. The molecule has 2 aliphatic rings. The Labute approximate surface area is 135 Å². The first-order valence-electron chi connectivity index (χ1n) is 7.62. The van der Waals surface area contributed by atoms with Crippen LogP contribution in [0.15, 0.2) is 18.2 Å². The molecule has 0 radical (unpaired) electrons. The van der Waals surface area contributed by atoms with E-state index in [2.05, 4.69) is 5.32 Å². The van der Waals surface area contributed by atoms with Crippen LogP contribution in [0.4, 0.5) is 0 Å². The normalized spacial score (nSPS) is 19.8. The lowest BCUT2D eigenvalue weighted by Crippen LogP contribution is -2.45. The zero-order valence-electron chi connectivity index (χ0n) is 11.9. The lowest BCUT2D eigenvalue weighted by atomic mass is 10.0. The monoisotopic (exact) mass is 326 g/mol. The molecule has 3 rings (SSSR count). The first-order valence-corrected chi connectivity index (χ1v) is 8.37. The zero-order chi connectivity index (χ0) is 14.8. The highest BCUT2D eigenvalue weighted by atomic mass is 35.5. The van der Waals surface area contributed by atoms with Crippen molar-refractivity contribution >= 4 is 29.1 Å². The van der Waals surface area contributed by atoms with Crippen LogP contribution >= 0.6 is 23.2 Å². The van der Waals surface area contributed by atoms with Gasteiger partial charge >= 0.3 is 0 Å². The van der Waals surface area contributed by atoms with Gasteiger partial charge in [0.15, 0.2) is 0 Å². The number of piperidine rings is 1. The molecular weight excluding hydrogens is 307 g/mol. The summed E-state index contributed by atoms with van der Waals surface area (Å²) in [5.41, 5.74) is 0.508. The fraction of sp³-hybridized carbons (Fsp3) is 0.562. The van der Waals surface area contributed by atoms with Gasteiger partial charge in [0.2, 0.25) is 0 Å². The number of amides is 1. The molecule has 0 bridgehead atoms. The molecule has 1 amide bonds. The minimum absolute atomic E-state index is 0.0110. The first kappa shape index (κ1) is 15.1. The summed E-state index contributed by atoms with van der Waals surface area (Å²) in [6.45, 7) is 2.70. The van der Waals surface area contributed by atoms with E-state index in [-0.39, 0.29) is 5.91 Å². The number of rotatable bonds is 4. The number of hydrogen-bond donors (Lipinski definition) is 1. The van der Waals surface area contributed by atoms with Crippen LogP contribution in [0.25, 0.3) is 0 Å². The largest absolute Gasteiger partial charge is 0.338 e. The highest BCUT2D eigenvalue weighted by molar-refractivity contribution is 6.43. The van der Waals surface area contributed by atoms with Gasteiger partial charge in [0, 0.05) is 19.1 Å². The van der Waals surface area contributed by atoms with Crippen molar-refractivity contribution in [2.75, 3.05) is 19.6 Å². The van der Waals surface area contributed by atoms with E-state index in [1.54, 1.807) is 18.2 Å². The molecule has 1 saturated heterocycles. The summed E-state index contributed by atoms with van der Waals surface area (Å²) in [5.74, 6) is 0.887. The summed E-state index contributed by atoms with van der Waals surface area (Å²) in [5, 5.41) is 4.41. The van der Waals surface area contributed by atoms with E-state index in [0.29, 0.717) is 21.7 Å². The predicted molar refractivity (Wildman–Crippen MR) is 86.1 cm³/mol. The van der Waals surface area contributed by atoms with Gasteiger partial charge in [-0.1, -0.05) is 29.3 Å². The van der Waals surface area contributed by atoms with E-state index in [0.717, 1.165) is 38.4 Å².